The normalized spacial score (nSPS) is 16.6. The molecule has 0 spiro atoms. The number of carboxylic acids is 1. The Morgan fingerprint density at radius 2 is 1.60 bits per heavy atom. The molecule has 3 heterocycles. The number of amides is 1. The van der Waals surface area contributed by atoms with Crippen molar-refractivity contribution in [3.63, 3.8) is 0 Å². The SMILES string of the molecule is CC[C@@H]1C[C@H](Nc2ncc(OCCCO)c(Cc3cc(C(F)(F)F)cc(C(F)(F)F)c3)n2)c2nc(C(F)(F)F)ccc2N1C(=O)OCC(C)(C)C(=O)O. The molecule has 290 valence electrons. The van der Waals surface area contributed by atoms with E-state index in [0.717, 1.165) is 17.2 Å². The number of nitrogens with zero attached hydrogens (tertiary/aromatic N) is 4. The highest BCUT2D eigenvalue weighted by Crippen LogP contribution is 2.42. The Labute approximate surface area is 296 Å². The third kappa shape index (κ3) is 9.96. The Bertz CT molecular complexity index is 1770. The number of ether oxygens (including phenoxy) is 2. The second-order valence-electron chi connectivity index (χ2n) is 12.7. The van der Waals surface area contributed by atoms with Crippen LogP contribution in [0.15, 0.2) is 36.5 Å². The van der Waals surface area contributed by atoms with Gasteiger partial charge < -0.3 is 25.0 Å². The van der Waals surface area contributed by atoms with E-state index in [9.17, 15) is 54.2 Å². The minimum Gasteiger partial charge on any atom is -0.490 e. The average molecular weight is 768 g/mol. The average Bonchev–Trinajstić information content (AvgIpc) is 3.06. The predicted molar refractivity (Wildman–Crippen MR) is 168 cm³/mol. The quantitative estimate of drug-likeness (QED) is 0.124. The van der Waals surface area contributed by atoms with Crippen LogP contribution in [0.1, 0.15) is 79.8 Å². The minimum absolute atomic E-state index is 0.0336. The van der Waals surface area contributed by atoms with E-state index in [2.05, 4.69) is 20.3 Å². The topological polar surface area (TPSA) is 147 Å². The van der Waals surface area contributed by atoms with Crippen LogP contribution in [0.25, 0.3) is 0 Å². The van der Waals surface area contributed by atoms with Gasteiger partial charge in [0.15, 0.2) is 5.75 Å². The van der Waals surface area contributed by atoms with Crippen molar-refractivity contribution in [2.45, 2.75) is 77.1 Å². The number of aliphatic hydroxyl groups is 1. The Morgan fingerprint density at radius 3 is 2.15 bits per heavy atom. The number of benzene rings is 1. The van der Waals surface area contributed by atoms with Crippen molar-refractivity contribution in [3.05, 3.63) is 70.3 Å². The molecule has 0 aliphatic carbocycles. The number of aliphatic hydroxyl groups excluding tert-OH is 1. The van der Waals surface area contributed by atoms with Crippen LogP contribution in [0.5, 0.6) is 5.75 Å². The highest BCUT2D eigenvalue weighted by atomic mass is 19.4. The predicted octanol–water partition coefficient (Wildman–Crippen LogP) is 7.67. The van der Waals surface area contributed by atoms with Gasteiger partial charge in [0.1, 0.15) is 12.3 Å². The number of pyridine rings is 1. The molecule has 20 heteroatoms. The summed E-state index contributed by atoms with van der Waals surface area (Å²) < 4.78 is 134. The van der Waals surface area contributed by atoms with Gasteiger partial charge in [-0.2, -0.15) is 39.5 Å². The number of carboxylic acid groups (broad SMARTS) is 1. The largest absolute Gasteiger partial charge is 0.490 e. The lowest BCUT2D eigenvalue weighted by molar-refractivity contribution is -0.149. The number of alkyl halides is 9. The van der Waals surface area contributed by atoms with Crippen LogP contribution in [0.4, 0.5) is 55.9 Å². The van der Waals surface area contributed by atoms with Gasteiger partial charge in [0.05, 0.1) is 52.5 Å². The van der Waals surface area contributed by atoms with Gasteiger partial charge >= 0.3 is 30.6 Å². The molecule has 2 aromatic heterocycles. The molecular formula is C33H34F9N5O6. The van der Waals surface area contributed by atoms with Crippen LogP contribution in [-0.2, 0) is 34.5 Å². The molecule has 0 unspecified atom stereocenters. The Kier molecular flexibility index (Phi) is 12.0. The zero-order valence-electron chi connectivity index (χ0n) is 28.3. The van der Waals surface area contributed by atoms with Gasteiger partial charge in [-0.3, -0.25) is 9.69 Å². The zero-order valence-corrected chi connectivity index (χ0v) is 28.3. The van der Waals surface area contributed by atoms with Gasteiger partial charge in [-0.05, 0) is 62.6 Å². The Balaban J connectivity index is 1.77. The van der Waals surface area contributed by atoms with Gasteiger partial charge in [-0.15, -0.1) is 0 Å². The van der Waals surface area contributed by atoms with Gasteiger partial charge in [-0.25, -0.2) is 19.7 Å². The smallest absolute Gasteiger partial charge is 0.433 e. The van der Waals surface area contributed by atoms with E-state index in [-0.39, 0.29) is 67.3 Å². The van der Waals surface area contributed by atoms with E-state index in [1.165, 1.54) is 13.8 Å². The molecule has 2 atom stereocenters. The van der Waals surface area contributed by atoms with Crippen molar-refractivity contribution in [2.75, 3.05) is 30.0 Å². The molecule has 53 heavy (non-hydrogen) atoms. The molecule has 3 aromatic rings. The maximum atomic E-state index is 13.8. The highest BCUT2D eigenvalue weighted by Gasteiger charge is 2.42. The molecule has 0 bridgehead atoms. The van der Waals surface area contributed by atoms with Crippen LogP contribution < -0.4 is 15.0 Å². The third-order valence-corrected chi connectivity index (χ3v) is 8.17. The van der Waals surface area contributed by atoms with E-state index in [1.807, 2.05) is 0 Å². The van der Waals surface area contributed by atoms with Gasteiger partial charge in [0, 0.05) is 25.5 Å². The standard InChI is InChI=1S/C33H34F9N5O6/c1-4-20-14-22(26-23(6-7-25(46-26)33(40,41)42)47(20)29(51)53-16-30(2,3)27(49)50)45-28-43-15-24(52-9-5-8-48)21(44-28)12-17-10-18(31(34,35)36)13-19(11-17)32(37,38)39/h6-7,10-11,13,15,20,22,48H,4-5,8-9,12,14,16H2,1-3H3,(H,49,50)(H,43,44,45)/t20-,22+/m1/s1. The summed E-state index contributed by atoms with van der Waals surface area (Å²) in [6, 6.07) is 0.738. The summed E-state index contributed by atoms with van der Waals surface area (Å²) >= 11 is 0. The summed E-state index contributed by atoms with van der Waals surface area (Å²) in [5, 5.41) is 21.4. The second kappa shape index (κ2) is 15.6. The number of halogens is 9. The van der Waals surface area contributed by atoms with Crippen LogP contribution in [0.3, 0.4) is 0 Å². The molecule has 0 fully saturated rings. The van der Waals surface area contributed by atoms with Crippen molar-refractivity contribution in [2.24, 2.45) is 5.41 Å². The van der Waals surface area contributed by atoms with Crippen LogP contribution in [-0.4, -0.2) is 63.1 Å². The van der Waals surface area contributed by atoms with Crippen molar-refractivity contribution in [3.8, 4) is 5.75 Å². The first-order valence-electron chi connectivity index (χ1n) is 16.0. The number of aromatic nitrogens is 3. The first-order chi connectivity index (χ1) is 24.5. The molecule has 4 rings (SSSR count). The lowest BCUT2D eigenvalue weighted by atomic mass is 9.93. The fourth-order valence-electron chi connectivity index (χ4n) is 5.31. The molecular weight excluding hydrogens is 733 g/mol. The molecule has 1 aliphatic heterocycles. The zero-order chi connectivity index (χ0) is 39.5. The fourth-order valence-corrected chi connectivity index (χ4v) is 5.31. The van der Waals surface area contributed by atoms with E-state index >= 15 is 0 Å². The molecule has 0 saturated carbocycles. The minimum atomic E-state index is -5.13. The number of hydrogen-bond donors (Lipinski definition) is 3. The van der Waals surface area contributed by atoms with Crippen LogP contribution in [0, 0.1) is 5.41 Å². The van der Waals surface area contributed by atoms with Gasteiger partial charge in [0.25, 0.3) is 0 Å². The maximum Gasteiger partial charge on any atom is 0.433 e. The number of carbonyl (C=O) groups excluding carboxylic acids is 1. The van der Waals surface area contributed by atoms with Crippen molar-refractivity contribution in [1.29, 1.82) is 0 Å². The summed E-state index contributed by atoms with van der Waals surface area (Å²) in [5.74, 6) is -1.74. The van der Waals surface area contributed by atoms with E-state index in [0.29, 0.717) is 18.2 Å². The number of fused-ring (bicyclic) bond motifs is 1. The summed E-state index contributed by atoms with van der Waals surface area (Å²) in [7, 11) is 0. The third-order valence-electron chi connectivity index (χ3n) is 8.17. The van der Waals surface area contributed by atoms with Gasteiger partial charge in [-0.1, -0.05) is 6.92 Å². The summed E-state index contributed by atoms with van der Waals surface area (Å²) in [5.41, 5.74) is -7.01. The molecule has 1 aliphatic rings. The van der Waals surface area contributed by atoms with E-state index in [1.54, 1.807) is 6.92 Å². The Morgan fingerprint density at radius 1 is 0.962 bits per heavy atom. The van der Waals surface area contributed by atoms with Crippen molar-refractivity contribution >= 4 is 23.7 Å². The Hall–Kier alpha value is -4.88. The van der Waals surface area contributed by atoms with Crippen LogP contribution in [0.2, 0.25) is 0 Å². The summed E-state index contributed by atoms with van der Waals surface area (Å²) in [6.07, 6.45) is -15.6. The number of aliphatic carboxylic acids is 1. The molecule has 0 radical (unpaired) electrons. The van der Waals surface area contributed by atoms with Crippen molar-refractivity contribution < 1.29 is 68.8 Å². The van der Waals surface area contributed by atoms with E-state index in [4.69, 9.17) is 14.6 Å². The summed E-state index contributed by atoms with van der Waals surface area (Å²) in [6.45, 7) is 3.26. The first-order valence-corrected chi connectivity index (χ1v) is 16.0. The number of anilines is 2. The monoisotopic (exact) mass is 767 g/mol. The lowest BCUT2D eigenvalue weighted by Crippen LogP contribution is -2.47. The molecule has 0 saturated heterocycles. The highest BCUT2D eigenvalue weighted by molar-refractivity contribution is 5.90. The number of hydrogen-bond acceptors (Lipinski definition) is 9. The van der Waals surface area contributed by atoms with E-state index < -0.39 is 83.5 Å². The van der Waals surface area contributed by atoms with Gasteiger partial charge in [0.2, 0.25) is 5.95 Å². The second-order valence-corrected chi connectivity index (χ2v) is 12.7. The molecule has 11 nitrogen and oxygen atoms in total. The molecule has 1 aromatic carbocycles. The molecule has 1 amide bonds. The lowest BCUT2D eigenvalue weighted by Gasteiger charge is -2.40. The number of carbonyl (C=O) groups is 2. The molecule has 3 N–H and O–H groups in total. The number of rotatable bonds is 12. The first kappa shape index (κ1) is 40.9. The number of nitrogens with one attached hydrogen (secondary N) is 1. The maximum absolute atomic E-state index is 13.8. The summed E-state index contributed by atoms with van der Waals surface area (Å²) in [4.78, 5) is 38.1. The van der Waals surface area contributed by atoms with Crippen LogP contribution >= 0.6 is 0 Å². The van der Waals surface area contributed by atoms with Crippen molar-refractivity contribution in [1.82, 2.24) is 15.0 Å². The fraction of sp³-hybridized carbons (Fsp3) is 0.485.